The van der Waals surface area contributed by atoms with E-state index in [1.807, 2.05) is 0 Å². The van der Waals surface area contributed by atoms with Crippen molar-refractivity contribution in [1.82, 2.24) is 0 Å². The molecule has 394 valence electrons. The minimum absolute atomic E-state index is 0.0946. The summed E-state index contributed by atoms with van der Waals surface area (Å²) in [6, 6.07) is 0. The predicted octanol–water partition coefficient (Wildman–Crippen LogP) is 19.3. The van der Waals surface area contributed by atoms with Gasteiger partial charge < -0.3 is 14.2 Å². The van der Waals surface area contributed by atoms with E-state index < -0.39 is 6.10 Å². The summed E-state index contributed by atoms with van der Waals surface area (Å²) in [4.78, 5) is 38.2. The van der Waals surface area contributed by atoms with Crippen molar-refractivity contribution in [2.75, 3.05) is 13.2 Å². The molecule has 0 aromatic rings. The number of carbonyl (C=O) groups is 3. The molecule has 0 aliphatic heterocycles. The van der Waals surface area contributed by atoms with Crippen LogP contribution in [0.25, 0.3) is 0 Å². The average molecular weight is 960 g/mol. The van der Waals surface area contributed by atoms with Gasteiger partial charge in [0.05, 0.1) is 0 Å². The van der Waals surface area contributed by atoms with Crippen LogP contribution in [0.1, 0.15) is 265 Å². The van der Waals surface area contributed by atoms with Crippen molar-refractivity contribution in [3.05, 3.63) is 97.2 Å². The van der Waals surface area contributed by atoms with Crippen molar-refractivity contribution in [1.29, 1.82) is 0 Å². The highest BCUT2D eigenvalue weighted by Gasteiger charge is 2.19. The monoisotopic (exact) mass is 959 g/mol. The van der Waals surface area contributed by atoms with Gasteiger partial charge in [0.1, 0.15) is 13.2 Å². The number of hydrogen-bond acceptors (Lipinski definition) is 6. The summed E-state index contributed by atoms with van der Waals surface area (Å²) in [7, 11) is 0. The summed E-state index contributed by atoms with van der Waals surface area (Å²) >= 11 is 0. The molecule has 0 amide bonds. The van der Waals surface area contributed by atoms with Crippen molar-refractivity contribution in [3.8, 4) is 0 Å². The first-order valence-corrected chi connectivity index (χ1v) is 28.8. The Hall–Kier alpha value is -3.67. The molecule has 0 saturated heterocycles. The molecule has 0 heterocycles. The Morgan fingerprint density at radius 1 is 0.319 bits per heavy atom. The molecule has 6 nitrogen and oxygen atoms in total. The maximum absolute atomic E-state index is 12.9. The Labute approximate surface area is 426 Å². The highest BCUT2D eigenvalue weighted by atomic mass is 16.6. The minimum atomic E-state index is -0.799. The molecule has 0 N–H and O–H groups in total. The van der Waals surface area contributed by atoms with Crippen LogP contribution < -0.4 is 0 Å². The molecule has 0 spiro atoms. The number of carbonyl (C=O) groups excluding carboxylic acids is 3. The Balaban J connectivity index is 4.44. The number of ether oxygens (including phenoxy) is 3. The van der Waals surface area contributed by atoms with Crippen molar-refractivity contribution >= 4 is 17.9 Å². The van der Waals surface area contributed by atoms with Crippen LogP contribution >= 0.6 is 0 Å². The highest BCUT2D eigenvalue weighted by Crippen LogP contribution is 2.15. The summed E-state index contributed by atoms with van der Waals surface area (Å²) in [5.74, 6) is -0.935. The van der Waals surface area contributed by atoms with Gasteiger partial charge in [0.25, 0.3) is 0 Å². The fourth-order valence-electron chi connectivity index (χ4n) is 7.81. The van der Waals surface area contributed by atoms with Gasteiger partial charge in [-0.05, 0) is 109 Å². The first-order valence-electron chi connectivity index (χ1n) is 28.8. The van der Waals surface area contributed by atoms with Gasteiger partial charge in [0.15, 0.2) is 6.10 Å². The molecule has 0 aliphatic carbocycles. The predicted molar refractivity (Wildman–Crippen MR) is 297 cm³/mol. The minimum Gasteiger partial charge on any atom is -0.462 e. The van der Waals surface area contributed by atoms with E-state index in [9.17, 15) is 14.4 Å². The summed E-state index contributed by atoms with van der Waals surface area (Å²) in [5, 5.41) is 0. The topological polar surface area (TPSA) is 78.9 Å². The Kier molecular flexibility index (Phi) is 53.9. The Morgan fingerprint density at radius 2 is 0.609 bits per heavy atom. The SMILES string of the molecule is CC/C=C\C/C=C\C/C=C\CCCCCCCCCCCC(=O)OCC(COC(=O)CCCCCC/C=C\C/C=C\C/C=C\CC)OC(=O)CCCCCCC/C=C\C=C/CCCCCCCCC. The van der Waals surface area contributed by atoms with Crippen molar-refractivity contribution in [3.63, 3.8) is 0 Å². The third-order valence-electron chi connectivity index (χ3n) is 12.1. The second-order valence-electron chi connectivity index (χ2n) is 18.8. The van der Waals surface area contributed by atoms with E-state index in [4.69, 9.17) is 14.2 Å². The molecule has 1 unspecified atom stereocenters. The third kappa shape index (κ3) is 55.1. The van der Waals surface area contributed by atoms with Gasteiger partial charge in [-0.1, -0.05) is 234 Å². The van der Waals surface area contributed by atoms with Gasteiger partial charge in [-0.25, -0.2) is 0 Å². The summed E-state index contributed by atoms with van der Waals surface area (Å²) in [6.07, 6.45) is 75.4. The normalized spacial score (nSPS) is 12.8. The zero-order valence-corrected chi connectivity index (χ0v) is 45.0. The van der Waals surface area contributed by atoms with Gasteiger partial charge in [-0.2, -0.15) is 0 Å². The van der Waals surface area contributed by atoms with Crippen LogP contribution in [0.4, 0.5) is 0 Å². The van der Waals surface area contributed by atoms with Crippen LogP contribution in [0, 0.1) is 0 Å². The van der Waals surface area contributed by atoms with Crippen LogP contribution in [0.3, 0.4) is 0 Å². The lowest BCUT2D eigenvalue weighted by Crippen LogP contribution is -2.30. The van der Waals surface area contributed by atoms with Crippen LogP contribution in [0.15, 0.2) is 97.2 Å². The fourth-order valence-corrected chi connectivity index (χ4v) is 7.81. The van der Waals surface area contributed by atoms with E-state index >= 15 is 0 Å². The molecule has 0 radical (unpaired) electrons. The zero-order chi connectivity index (χ0) is 50.0. The van der Waals surface area contributed by atoms with E-state index in [2.05, 4.69) is 118 Å². The van der Waals surface area contributed by atoms with Gasteiger partial charge >= 0.3 is 17.9 Å². The standard InChI is InChI=1S/C63H106O6/c1-4-7-10-13-16-19-22-25-28-30-32-34-35-38-41-44-47-50-53-56-62(65)68-59-60(58-67-61(64)55-52-49-46-43-40-37-27-24-21-18-15-12-9-6-3)69-63(66)57-54-51-48-45-42-39-36-33-31-29-26-23-20-17-14-11-8-5-2/h7,9-10,12,16,18-19,21,25,27-29,31,33,36-37,60H,4-6,8,11,13-15,17,20,22-24,26,30,32,34-35,38-59H2,1-3H3/b10-7-,12-9-,19-16-,21-18-,28-25-,31-29-,36-33-,37-27-. The lowest BCUT2D eigenvalue weighted by atomic mass is 10.1. The van der Waals surface area contributed by atoms with E-state index in [1.165, 1.54) is 96.3 Å². The molecule has 0 aliphatic rings. The molecule has 0 rings (SSSR count). The number of esters is 3. The molecule has 1 atom stereocenters. The smallest absolute Gasteiger partial charge is 0.306 e. The average Bonchev–Trinajstić information content (AvgIpc) is 3.35. The molecule has 0 saturated carbocycles. The second kappa shape index (κ2) is 56.9. The highest BCUT2D eigenvalue weighted by molar-refractivity contribution is 5.71. The van der Waals surface area contributed by atoms with Crippen LogP contribution in [-0.2, 0) is 28.6 Å². The molecule has 69 heavy (non-hydrogen) atoms. The van der Waals surface area contributed by atoms with E-state index in [-0.39, 0.29) is 31.1 Å². The Bertz CT molecular complexity index is 1380. The lowest BCUT2D eigenvalue weighted by Gasteiger charge is -2.18. The fraction of sp³-hybridized carbons (Fsp3) is 0.698. The van der Waals surface area contributed by atoms with E-state index in [0.29, 0.717) is 19.3 Å². The number of allylic oxidation sites excluding steroid dienone is 16. The summed E-state index contributed by atoms with van der Waals surface area (Å²) in [5.41, 5.74) is 0. The zero-order valence-electron chi connectivity index (χ0n) is 45.0. The summed E-state index contributed by atoms with van der Waals surface area (Å²) < 4.78 is 16.8. The number of hydrogen-bond donors (Lipinski definition) is 0. The van der Waals surface area contributed by atoms with Crippen molar-refractivity contribution < 1.29 is 28.6 Å². The molecule has 6 heteroatoms. The second-order valence-corrected chi connectivity index (χ2v) is 18.8. The van der Waals surface area contributed by atoms with Gasteiger partial charge in [0, 0.05) is 19.3 Å². The molecule has 0 fully saturated rings. The largest absolute Gasteiger partial charge is 0.462 e. The third-order valence-corrected chi connectivity index (χ3v) is 12.1. The van der Waals surface area contributed by atoms with Crippen LogP contribution in [-0.4, -0.2) is 37.2 Å². The molecule has 0 aromatic carbocycles. The first-order chi connectivity index (χ1) is 34.0. The van der Waals surface area contributed by atoms with Gasteiger partial charge in [-0.3, -0.25) is 14.4 Å². The summed E-state index contributed by atoms with van der Waals surface area (Å²) in [6.45, 7) is 6.38. The molecular formula is C63H106O6. The van der Waals surface area contributed by atoms with Crippen molar-refractivity contribution in [2.24, 2.45) is 0 Å². The lowest BCUT2D eigenvalue weighted by molar-refractivity contribution is -0.167. The van der Waals surface area contributed by atoms with Crippen molar-refractivity contribution in [2.45, 2.75) is 271 Å². The molecule has 0 aromatic heterocycles. The molecule has 0 bridgehead atoms. The number of rotatable bonds is 51. The van der Waals surface area contributed by atoms with E-state index in [1.54, 1.807) is 0 Å². The Morgan fingerprint density at radius 3 is 0.971 bits per heavy atom. The quantitative estimate of drug-likeness (QED) is 0.0199. The maximum atomic E-state index is 12.9. The maximum Gasteiger partial charge on any atom is 0.306 e. The van der Waals surface area contributed by atoms with Gasteiger partial charge in [-0.15, -0.1) is 0 Å². The number of unbranched alkanes of at least 4 members (excludes halogenated alkanes) is 25. The van der Waals surface area contributed by atoms with Gasteiger partial charge in [0.2, 0.25) is 0 Å². The molecular weight excluding hydrogens is 853 g/mol. The van der Waals surface area contributed by atoms with Crippen LogP contribution in [0.2, 0.25) is 0 Å². The first kappa shape index (κ1) is 65.3. The van der Waals surface area contributed by atoms with E-state index in [0.717, 1.165) is 128 Å². The van der Waals surface area contributed by atoms with Crippen LogP contribution in [0.5, 0.6) is 0 Å².